The van der Waals surface area contributed by atoms with E-state index in [1.54, 1.807) is 12.1 Å². The molecule has 1 atom stereocenters. The van der Waals surface area contributed by atoms with Gasteiger partial charge in [0.05, 0.1) is 6.04 Å². The Morgan fingerprint density at radius 3 is 2.60 bits per heavy atom. The van der Waals surface area contributed by atoms with Crippen molar-refractivity contribution < 1.29 is 9.18 Å². The first kappa shape index (κ1) is 16.8. The molecule has 0 spiro atoms. The summed E-state index contributed by atoms with van der Waals surface area (Å²) < 4.78 is 14.3. The zero-order chi connectivity index (χ0) is 17.8. The third-order valence-corrected chi connectivity index (χ3v) is 4.48. The summed E-state index contributed by atoms with van der Waals surface area (Å²) in [7, 11) is 0. The van der Waals surface area contributed by atoms with Crippen molar-refractivity contribution in [1.82, 2.24) is 14.9 Å². The lowest BCUT2D eigenvalue weighted by atomic mass is 10.1. The Labute approximate surface area is 145 Å². The van der Waals surface area contributed by atoms with E-state index in [4.69, 9.17) is 0 Å². The summed E-state index contributed by atoms with van der Waals surface area (Å²) in [5.74, 6) is -0.767. The molecule has 3 rings (SSSR count). The first-order chi connectivity index (χ1) is 12.0. The minimum absolute atomic E-state index is 0.237. The molecule has 128 valence electrons. The molecule has 0 fully saturated rings. The smallest absolute Gasteiger partial charge is 0.328 e. The van der Waals surface area contributed by atoms with E-state index in [1.807, 2.05) is 17.5 Å². The molecule has 0 saturated heterocycles. The third kappa shape index (κ3) is 4.10. The van der Waals surface area contributed by atoms with Crippen molar-refractivity contribution in [3.63, 3.8) is 0 Å². The molecule has 0 unspecified atom stereocenters. The lowest BCUT2D eigenvalue weighted by Crippen LogP contribution is -2.37. The van der Waals surface area contributed by atoms with Gasteiger partial charge < -0.3 is 5.32 Å². The van der Waals surface area contributed by atoms with Gasteiger partial charge in [-0.15, -0.1) is 11.3 Å². The number of nitrogens with one attached hydrogen (secondary N) is 2. The van der Waals surface area contributed by atoms with E-state index < -0.39 is 23.2 Å². The lowest BCUT2D eigenvalue weighted by molar-refractivity contribution is -0.122. The van der Waals surface area contributed by atoms with Crippen molar-refractivity contribution in [2.24, 2.45) is 0 Å². The number of hydrogen-bond donors (Lipinski definition) is 2. The molecule has 0 radical (unpaired) electrons. The van der Waals surface area contributed by atoms with Crippen molar-refractivity contribution in [3.05, 3.63) is 91.1 Å². The molecule has 25 heavy (non-hydrogen) atoms. The van der Waals surface area contributed by atoms with Crippen LogP contribution in [0.2, 0.25) is 0 Å². The van der Waals surface area contributed by atoms with Gasteiger partial charge in [0.1, 0.15) is 12.4 Å². The highest BCUT2D eigenvalue weighted by atomic mass is 32.1. The number of thiophene rings is 1. The molecule has 0 aliphatic carbocycles. The number of halogens is 1. The number of rotatable bonds is 5. The molecule has 2 aromatic heterocycles. The second-order valence-electron chi connectivity index (χ2n) is 5.31. The van der Waals surface area contributed by atoms with E-state index in [2.05, 4.69) is 10.3 Å². The second kappa shape index (κ2) is 7.27. The van der Waals surface area contributed by atoms with Gasteiger partial charge in [0.15, 0.2) is 0 Å². The lowest BCUT2D eigenvalue weighted by Gasteiger charge is -2.18. The summed E-state index contributed by atoms with van der Waals surface area (Å²) in [5, 5.41) is 4.72. The Morgan fingerprint density at radius 1 is 1.20 bits per heavy atom. The molecule has 1 aromatic carbocycles. The van der Waals surface area contributed by atoms with E-state index in [0.29, 0.717) is 0 Å². The van der Waals surface area contributed by atoms with Crippen LogP contribution in [0, 0.1) is 5.82 Å². The number of carbonyl (C=O) groups is 1. The number of nitrogens with zero attached hydrogens (tertiary/aromatic N) is 1. The zero-order valence-electron chi connectivity index (χ0n) is 12.9. The largest absolute Gasteiger partial charge is 0.343 e. The number of hydrogen-bond acceptors (Lipinski definition) is 4. The third-order valence-electron chi connectivity index (χ3n) is 3.55. The van der Waals surface area contributed by atoms with Crippen molar-refractivity contribution >= 4 is 17.2 Å². The van der Waals surface area contributed by atoms with Crippen LogP contribution >= 0.6 is 11.3 Å². The molecule has 3 aromatic rings. The molecule has 0 saturated carbocycles. The summed E-state index contributed by atoms with van der Waals surface area (Å²) in [6, 6.07) is 10.3. The fourth-order valence-corrected chi connectivity index (χ4v) is 3.16. The Morgan fingerprint density at radius 2 is 1.96 bits per heavy atom. The highest BCUT2D eigenvalue weighted by Crippen LogP contribution is 2.26. The average molecular weight is 359 g/mol. The number of amides is 1. The van der Waals surface area contributed by atoms with Gasteiger partial charge in [-0.3, -0.25) is 19.1 Å². The van der Waals surface area contributed by atoms with E-state index in [1.165, 1.54) is 35.7 Å². The van der Waals surface area contributed by atoms with E-state index in [-0.39, 0.29) is 12.4 Å². The molecule has 1 amide bonds. The number of H-pyrrole nitrogens is 1. The highest BCUT2D eigenvalue weighted by Gasteiger charge is 2.18. The minimum Gasteiger partial charge on any atom is -0.343 e. The summed E-state index contributed by atoms with van der Waals surface area (Å²) in [5.41, 5.74) is -0.451. The van der Waals surface area contributed by atoms with Crippen LogP contribution in [-0.4, -0.2) is 15.5 Å². The fraction of sp³-hybridized carbons (Fsp3) is 0.118. The summed E-state index contributed by atoms with van der Waals surface area (Å²) in [6.07, 6.45) is 1.26. The van der Waals surface area contributed by atoms with Gasteiger partial charge >= 0.3 is 5.69 Å². The molecule has 0 bridgehead atoms. The predicted octanol–water partition coefficient (Wildman–Crippen LogP) is 1.64. The maximum atomic E-state index is 13.2. The monoisotopic (exact) mass is 359 g/mol. The standard InChI is InChI=1S/C17H14FN3O3S/c18-12-5-3-11(4-6-12)16(13-2-1-9-25-13)19-15(23)10-21-8-7-14(22)20-17(21)24/h1-9,16H,10H2,(H,19,23)(H,20,22,24)/t16-/m0/s1. The van der Waals surface area contributed by atoms with Crippen molar-refractivity contribution in [3.8, 4) is 0 Å². The molecule has 2 heterocycles. The van der Waals surface area contributed by atoms with Crippen molar-refractivity contribution in [2.45, 2.75) is 12.6 Å². The second-order valence-corrected chi connectivity index (χ2v) is 6.28. The van der Waals surface area contributed by atoms with Gasteiger partial charge in [-0.1, -0.05) is 18.2 Å². The minimum atomic E-state index is -0.655. The van der Waals surface area contributed by atoms with Gasteiger partial charge in [-0.25, -0.2) is 9.18 Å². The molecule has 0 aliphatic heterocycles. The van der Waals surface area contributed by atoms with Gasteiger partial charge in [0.2, 0.25) is 5.91 Å². The van der Waals surface area contributed by atoms with Crippen molar-refractivity contribution in [1.29, 1.82) is 0 Å². The molecule has 6 nitrogen and oxygen atoms in total. The van der Waals surface area contributed by atoms with Crippen LogP contribution < -0.4 is 16.6 Å². The van der Waals surface area contributed by atoms with Crippen LogP contribution in [-0.2, 0) is 11.3 Å². The van der Waals surface area contributed by atoms with Gasteiger partial charge in [0, 0.05) is 17.1 Å². The van der Waals surface area contributed by atoms with E-state index in [0.717, 1.165) is 15.0 Å². The number of aromatic nitrogens is 2. The molecular weight excluding hydrogens is 345 g/mol. The normalized spacial score (nSPS) is 11.9. The summed E-state index contributed by atoms with van der Waals surface area (Å²) >= 11 is 1.46. The first-order valence-corrected chi connectivity index (χ1v) is 8.29. The Bertz CT molecular complexity index is 977. The zero-order valence-corrected chi connectivity index (χ0v) is 13.8. The van der Waals surface area contributed by atoms with E-state index >= 15 is 0 Å². The molecule has 8 heteroatoms. The maximum absolute atomic E-state index is 13.2. The van der Waals surface area contributed by atoms with Crippen LogP contribution in [0.25, 0.3) is 0 Å². The van der Waals surface area contributed by atoms with Gasteiger partial charge in [-0.05, 0) is 29.1 Å². The topological polar surface area (TPSA) is 84.0 Å². The van der Waals surface area contributed by atoms with Crippen LogP contribution in [0.5, 0.6) is 0 Å². The summed E-state index contributed by atoms with van der Waals surface area (Å²) in [4.78, 5) is 38.1. The van der Waals surface area contributed by atoms with Crippen LogP contribution in [0.4, 0.5) is 4.39 Å². The molecule has 0 aliphatic rings. The average Bonchev–Trinajstić information content (AvgIpc) is 3.10. The number of aromatic amines is 1. The quantitative estimate of drug-likeness (QED) is 0.726. The van der Waals surface area contributed by atoms with Gasteiger partial charge in [0.25, 0.3) is 5.56 Å². The van der Waals surface area contributed by atoms with Gasteiger partial charge in [-0.2, -0.15) is 0 Å². The van der Waals surface area contributed by atoms with Crippen molar-refractivity contribution in [2.75, 3.05) is 0 Å². The fourth-order valence-electron chi connectivity index (χ4n) is 2.36. The summed E-state index contributed by atoms with van der Waals surface area (Å²) in [6.45, 7) is -0.237. The first-order valence-electron chi connectivity index (χ1n) is 7.41. The van der Waals surface area contributed by atoms with Crippen LogP contribution in [0.1, 0.15) is 16.5 Å². The van der Waals surface area contributed by atoms with Crippen LogP contribution in [0.3, 0.4) is 0 Å². The van der Waals surface area contributed by atoms with E-state index in [9.17, 15) is 18.8 Å². The molecular formula is C17H14FN3O3S. The Balaban J connectivity index is 1.82. The maximum Gasteiger partial charge on any atom is 0.328 e. The predicted molar refractivity (Wildman–Crippen MR) is 92.0 cm³/mol. The van der Waals surface area contributed by atoms with Crippen LogP contribution in [0.15, 0.2) is 63.6 Å². The number of carbonyl (C=O) groups excluding carboxylic acids is 1. The highest BCUT2D eigenvalue weighted by molar-refractivity contribution is 7.10. The number of benzene rings is 1. The SMILES string of the molecule is O=C(Cn1ccc(=O)[nH]c1=O)N[C@@H](c1ccc(F)cc1)c1cccs1. The Kier molecular flexibility index (Phi) is 4.90. The molecule has 2 N–H and O–H groups in total. The Hall–Kier alpha value is -3.00.